The van der Waals surface area contributed by atoms with Crippen molar-refractivity contribution in [1.29, 1.82) is 1.34 Å². The Hall–Kier alpha value is 0.0899. The predicted octanol–water partition coefficient (Wildman–Crippen LogP) is -0.932. The average molecular weight is 55.7 g/mol. The lowest BCUT2D eigenvalue weighted by molar-refractivity contribution is 0.454. The third kappa shape index (κ3) is 2.09. The summed E-state index contributed by atoms with van der Waals surface area (Å²) in [6.07, 6.45) is 0. The minimum atomic E-state index is -0.866. The first-order valence-electron chi connectivity index (χ1n) is 1.55. The topological polar surface area (TPSA) is 9.23 Å². The van der Waals surface area contributed by atoms with Gasteiger partial charge in [0.1, 0.15) is 0 Å². The second-order valence-electron chi connectivity index (χ2n) is 0.372. The lowest BCUT2D eigenvalue weighted by Gasteiger charge is -1.74. The van der Waals surface area contributed by atoms with E-state index in [1.165, 1.54) is 7.11 Å². The lowest BCUT2D eigenvalue weighted by atomic mass is 9.72. The van der Waals surface area contributed by atoms with Gasteiger partial charge in [0.25, 0.3) is 0 Å². The van der Waals surface area contributed by atoms with Gasteiger partial charge in [-0.25, -0.2) is 0 Å². The van der Waals surface area contributed by atoms with Gasteiger partial charge in [-0.1, -0.05) is 0 Å². The minimum Gasteiger partial charge on any atom is -0.453 e. The fraction of sp³-hybridized carbons (Fsp3) is 1.00. The van der Waals surface area contributed by atoms with E-state index in [0.717, 1.165) is 0 Å². The highest BCUT2D eigenvalue weighted by atomic mass is 16.4. The van der Waals surface area contributed by atoms with Gasteiger partial charge in [0, 0.05) is 8.45 Å². The third-order valence-corrected chi connectivity index (χ3v) is 0.136. The van der Waals surface area contributed by atoms with Crippen LogP contribution in [0.4, 0.5) is 0 Å². The van der Waals surface area contributed by atoms with Crippen molar-refractivity contribution in [2.75, 3.05) is 7.11 Å². The Morgan fingerprint density at radius 3 is 2.75 bits per heavy atom. The van der Waals surface area contributed by atoms with Gasteiger partial charge < -0.3 is 4.65 Å². The normalized spacial score (nSPS) is 9.75. The first-order valence-corrected chi connectivity index (χ1v) is 0.977. The van der Waals surface area contributed by atoms with Crippen LogP contribution in [0.5, 0.6) is 0 Å². The van der Waals surface area contributed by atoms with Gasteiger partial charge in [-0.15, -0.1) is 0 Å². The molecular weight excluding hydrogens is 49.6 g/mol. The molecule has 0 aliphatic carbocycles. The molecule has 20 valence electrons. The molecule has 0 fully saturated rings. The largest absolute Gasteiger partial charge is 0.453 e. The van der Waals surface area contributed by atoms with Crippen LogP contribution in [0.15, 0.2) is 0 Å². The van der Waals surface area contributed by atoms with Crippen LogP contribution in [0.25, 0.3) is 0 Å². The van der Waals surface area contributed by atoms with Gasteiger partial charge in [0.2, 0.25) is 7.34 Å². The molecule has 0 aromatic heterocycles. The summed E-state index contributed by atoms with van der Waals surface area (Å²) >= 11 is 0. The molecule has 0 heterocycles. The number of hydrogen-bond acceptors (Lipinski definition) is 1. The fourth-order valence-electron chi connectivity index (χ4n) is 0. The van der Waals surface area contributed by atoms with Crippen LogP contribution >= 0.6 is 0 Å². The van der Waals surface area contributed by atoms with Gasteiger partial charge >= 0.3 is 0 Å². The van der Waals surface area contributed by atoms with E-state index in [2.05, 4.69) is 4.65 Å². The van der Waals surface area contributed by atoms with E-state index in [1.807, 2.05) is 0 Å². The summed E-state index contributed by atoms with van der Waals surface area (Å²) < 4.78 is 10.6. The Balaban J connectivity index is 2.54. The zero-order valence-electron chi connectivity index (χ0n) is 3.56. The molecule has 0 amide bonds. The van der Waals surface area contributed by atoms with Gasteiger partial charge in [0.15, 0.2) is 0 Å². The van der Waals surface area contributed by atoms with Crippen molar-refractivity contribution in [2.45, 2.75) is 0 Å². The zero-order valence-corrected chi connectivity index (χ0v) is 2.56. The van der Waals surface area contributed by atoms with Gasteiger partial charge in [0.05, 0.1) is 7.74 Å². The molecule has 1 nitrogen and oxygen atoms in total. The molecule has 0 saturated heterocycles. The second kappa shape index (κ2) is 3.09. The summed E-state index contributed by atoms with van der Waals surface area (Å²) in [7, 11) is 5.26. The van der Waals surface area contributed by atoms with E-state index in [0.29, 0.717) is 0 Å². The highest BCUT2D eigenvalue weighted by molar-refractivity contribution is 6.85. The Labute approximate surface area is 29.4 Å². The lowest BCUT2D eigenvalue weighted by Crippen LogP contribution is -1.88. The molecule has 0 N–H and O–H groups in total. The summed E-state index contributed by atoms with van der Waals surface area (Å²) in [6, 6.07) is 0. The van der Waals surface area contributed by atoms with E-state index in [-0.39, 0.29) is 0 Å². The van der Waals surface area contributed by atoms with Crippen molar-refractivity contribution in [3.63, 3.8) is 0 Å². The quantitative estimate of drug-likeness (QED) is 0.352. The van der Waals surface area contributed by atoms with Crippen molar-refractivity contribution in [1.82, 2.24) is 0 Å². The SMILES string of the molecule is [3H]B([B])OC. The summed E-state index contributed by atoms with van der Waals surface area (Å²) in [4.78, 5) is 0. The maximum absolute atomic E-state index is 6.38. The van der Waals surface area contributed by atoms with Crippen molar-refractivity contribution in [3.8, 4) is 0 Å². The monoisotopic (exact) mass is 56.1 g/mol. The van der Waals surface area contributed by atoms with E-state index in [9.17, 15) is 0 Å². The van der Waals surface area contributed by atoms with Crippen molar-refractivity contribution >= 4 is 15.1 Å². The Morgan fingerprint density at radius 2 is 2.75 bits per heavy atom. The fourth-order valence-corrected chi connectivity index (χ4v) is 0. The molecule has 0 aliphatic rings. The summed E-state index contributed by atoms with van der Waals surface area (Å²) in [5.74, 6) is 0. The van der Waals surface area contributed by atoms with E-state index < -0.39 is 7.34 Å². The molecule has 0 unspecified atom stereocenters. The van der Waals surface area contributed by atoms with Gasteiger partial charge in [-0.3, -0.25) is 0 Å². The average Bonchev–Trinajstić information content (AvgIpc) is 1.38. The highest BCUT2D eigenvalue weighted by Crippen LogP contribution is 1.39. The van der Waals surface area contributed by atoms with Crippen LogP contribution in [0.2, 0.25) is 0 Å². The van der Waals surface area contributed by atoms with Gasteiger partial charge in [-0.2, -0.15) is 0 Å². The first kappa shape index (κ1) is 2.33. The minimum absolute atomic E-state index is 0.866. The predicted molar refractivity (Wildman–Crippen MR) is 19.9 cm³/mol. The smallest absolute Gasteiger partial charge is 0.220 e. The third-order valence-electron chi connectivity index (χ3n) is 0.136. The molecule has 0 rings (SSSR count). The molecule has 0 saturated carbocycles. The Kier molecular flexibility index (Phi) is 1.80. The molecule has 0 atom stereocenters. The first-order chi connectivity index (χ1) is 2.27. The molecule has 4 heavy (non-hydrogen) atoms. The molecule has 3 heteroatoms. The zero-order chi connectivity index (χ0) is 4.28. The molecule has 2 radical (unpaired) electrons. The molecular formula is CH4B2O. The Bertz CT molecular complexity index is 23.6. The summed E-state index contributed by atoms with van der Waals surface area (Å²) in [5.41, 5.74) is 0. The van der Waals surface area contributed by atoms with Crippen LogP contribution in [-0.2, 0) is 4.65 Å². The maximum Gasteiger partial charge on any atom is 0.220 e. The standard InChI is InChI=1S/CH4B2O/c1-4-3-2/h3H,1H3/i3T. The number of rotatable bonds is 1. The van der Waals surface area contributed by atoms with Crippen LogP contribution in [0.1, 0.15) is 0 Å². The van der Waals surface area contributed by atoms with Crippen LogP contribution in [-0.4, -0.2) is 23.5 Å². The van der Waals surface area contributed by atoms with Crippen LogP contribution in [0.3, 0.4) is 0 Å². The molecule has 0 aromatic rings. The summed E-state index contributed by atoms with van der Waals surface area (Å²) in [6.45, 7) is 0. The van der Waals surface area contributed by atoms with Gasteiger partial charge in [-0.05, 0) is 0 Å². The van der Waals surface area contributed by atoms with E-state index >= 15 is 0 Å². The number of hydrogen-bond donors (Lipinski definition) is 0. The van der Waals surface area contributed by atoms with Crippen molar-refractivity contribution in [3.05, 3.63) is 0 Å². The molecule has 0 bridgehead atoms. The van der Waals surface area contributed by atoms with Crippen molar-refractivity contribution in [2.24, 2.45) is 0 Å². The molecule has 0 spiro atoms. The van der Waals surface area contributed by atoms with E-state index in [4.69, 9.17) is 9.07 Å². The highest BCUT2D eigenvalue weighted by Gasteiger charge is 1.59. The molecule has 0 aromatic carbocycles. The Morgan fingerprint density at radius 1 is 2.50 bits per heavy atom. The second-order valence-corrected chi connectivity index (χ2v) is 0.372. The van der Waals surface area contributed by atoms with Crippen molar-refractivity contribution < 1.29 is 4.65 Å². The van der Waals surface area contributed by atoms with Crippen LogP contribution < -0.4 is 0 Å². The molecule has 0 aliphatic heterocycles. The maximum atomic E-state index is 6.38. The summed E-state index contributed by atoms with van der Waals surface area (Å²) in [5, 5.41) is 0. The van der Waals surface area contributed by atoms with E-state index in [1.54, 1.807) is 0 Å². The van der Waals surface area contributed by atoms with Crippen LogP contribution in [0, 0.1) is 0 Å².